The molecule has 0 aliphatic rings. The minimum atomic E-state index is 0.416. The zero-order valence-electron chi connectivity index (χ0n) is 8.14. The van der Waals surface area contributed by atoms with E-state index >= 15 is 0 Å². The third-order valence-electron chi connectivity index (χ3n) is 1.62. The van der Waals surface area contributed by atoms with Gasteiger partial charge in [0.25, 0.3) is 0 Å². The van der Waals surface area contributed by atoms with Crippen LogP contribution in [0, 0.1) is 11.3 Å². The van der Waals surface area contributed by atoms with Crippen LogP contribution in [0.25, 0.3) is 6.08 Å². The number of hydrogen-bond donors (Lipinski definition) is 0. The van der Waals surface area contributed by atoms with Gasteiger partial charge in [-0.3, -0.25) is 0 Å². The summed E-state index contributed by atoms with van der Waals surface area (Å²) in [4.78, 5) is 4.49. The van der Waals surface area contributed by atoms with Crippen LogP contribution in [-0.4, -0.2) is 13.3 Å². The van der Waals surface area contributed by atoms with E-state index in [1.807, 2.05) is 18.2 Å². The van der Waals surface area contributed by atoms with Gasteiger partial charge < -0.3 is 4.84 Å². The molecule has 1 aromatic carbocycles. The van der Waals surface area contributed by atoms with Crippen molar-refractivity contribution < 1.29 is 4.84 Å². The second-order valence-electron chi connectivity index (χ2n) is 2.68. The average Bonchev–Trinajstić information content (AvgIpc) is 2.27. The fraction of sp³-hybridized carbons (Fsp3) is 0.0909. The molecule has 0 amide bonds. The number of benzene rings is 1. The highest BCUT2D eigenvalue weighted by Gasteiger charge is 1.93. The first-order valence-corrected chi connectivity index (χ1v) is 4.58. The zero-order chi connectivity index (χ0) is 11.1. The Kier molecular flexibility index (Phi) is 4.39. The fourth-order valence-electron chi connectivity index (χ4n) is 0.946. The van der Waals surface area contributed by atoms with Gasteiger partial charge in [-0.25, -0.2) is 0 Å². The van der Waals surface area contributed by atoms with Crippen LogP contribution in [0.4, 0.5) is 0 Å². The van der Waals surface area contributed by atoms with Crippen LogP contribution in [-0.2, 0) is 4.84 Å². The number of halogens is 1. The molecule has 1 rings (SSSR count). The number of rotatable bonds is 3. The van der Waals surface area contributed by atoms with Crippen molar-refractivity contribution in [3.05, 3.63) is 40.4 Å². The van der Waals surface area contributed by atoms with Gasteiger partial charge >= 0.3 is 0 Å². The van der Waals surface area contributed by atoms with Gasteiger partial charge in [-0.05, 0) is 23.8 Å². The SMILES string of the molecule is CO/N=C\C(C#N)=C\c1ccc(Cl)cc1. The van der Waals surface area contributed by atoms with Gasteiger partial charge in [-0.15, -0.1) is 0 Å². The van der Waals surface area contributed by atoms with E-state index in [0.29, 0.717) is 10.6 Å². The lowest BCUT2D eigenvalue weighted by molar-refractivity contribution is 0.215. The Hall–Kier alpha value is -1.79. The third-order valence-corrected chi connectivity index (χ3v) is 1.87. The molecule has 0 N–H and O–H groups in total. The first kappa shape index (κ1) is 11.3. The second-order valence-corrected chi connectivity index (χ2v) is 3.12. The summed E-state index contributed by atoms with van der Waals surface area (Å²) in [5.41, 5.74) is 1.30. The Balaban J connectivity index is 2.89. The molecule has 1 aromatic rings. The van der Waals surface area contributed by atoms with E-state index in [-0.39, 0.29) is 0 Å². The summed E-state index contributed by atoms with van der Waals surface area (Å²) in [6, 6.07) is 9.16. The maximum absolute atomic E-state index is 8.78. The minimum Gasteiger partial charge on any atom is -0.399 e. The van der Waals surface area contributed by atoms with E-state index in [4.69, 9.17) is 16.9 Å². The van der Waals surface area contributed by atoms with Crippen molar-refractivity contribution in [2.45, 2.75) is 0 Å². The van der Waals surface area contributed by atoms with E-state index in [9.17, 15) is 0 Å². The van der Waals surface area contributed by atoms with Crippen LogP contribution in [0.3, 0.4) is 0 Å². The molecule has 0 fully saturated rings. The summed E-state index contributed by atoms with van der Waals surface area (Å²) in [5, 5.41) is 13.0. The highest BCUT2D eigenvalue weighted by atomic mass is 35.5. The average molecular weight is 221 g/mol. The fourth-order valence-corrected chi connectivity index (χ4v) is 1.07. The summed E-state index contributed by atoms with van der Waals surface area (Å²) in [6.07, 6.45) is 3.05. The Morgan fingerprint density at radius 3 is 2.67 bits per heavy atom. The van der Waals surface area contributed by atoms with Crippen LogP contribution in [0.5, 0.6) is 0 Å². The molecule has 0 heterocycles. The van der Waals surface area contributed by atoms with Crippen molar-refractivity contribution >= 4 is 23.9 Å². The lowest BCUT2D eigenvalue weighted by atomic mass is 10.1. The molecule has 0 spiro atoms. The number of nitrogens with zero attached hydrogens (tertiary/aromatic N) is 2. The zero-order valence-corrected chi connectivity index (χ0v) is 8.90. The van der Waals surface area contributed by atoms with E-state index < -0.39 is 0 Å². The summed E-state index contributed by atoms with van der Waals surface area (Å²) in [6.45, 7) is 0. The van der Waals surface area contributed by atoms with Gasteiger partial charge in [-0.1, -0.05) is 28.9 Å². The quantitative estimate of drug-likeness (QED) is 0.447. The van der Waals surface area contributed by atoms with Crippen LogP contribution in [0.2, 0.25) is 5.02 Å². The molecule has 0 saturated heterocycles. The van der Waals surface area contributed by atoms with Crippen LogP contribution in [0.15, 0.2) is 35.0 Å². The number of allylic oxidation sites excluding steroid dienone is 1. The molecule has 3 nitrogen and oxygen atoms in total. The smallest absolute Gasteiger partial charge is 0.106 e. The van der Waals surface area contributed by atoms with E-state index in [1.165, 1.54) is 13.3 Å². The van der Waals surface area contributed by atoms with Crippen molar-refractivity contribution in [1.82, 2.24) is 0 Å². The molecule has 0 radical (unpaired) electrons. The highest BCUT2D eigenvalue weighted by Crippen LogP contribution is 2.11. The standard InChI is InChI=1S/C11H9ClN2O/c1-15-14-8-10(7-13)6-9-2-4-11(12)5-3-9/h2-6,8H,1H3/b10-6+,14-8-. The van der Waals surface area contributed by atoms with Gasteiger partial charge in [0.05, 0.1) is 11.8 Å². The normalized spacial score (nSPS) is 11.4. The van der Waals surface area contributed by atoms with Gasteiger partial charge in [-0.2, -0.15) is 5.26 Å². The largest absolute Gasteiger partial charge is 0.399 e. The molecular formula is C11H9ClN2O. The Labute approximate surface area is 93.2 Å². The van der Waals surface area contributed by atoms with Crippen molar-refractivity contribution in [2.24, 2.45) is 5.16 Å². The van der Waals surface area contributed by atoms with Crippen LogP contribution < -0.4 is 0 Å². The highest BCUT2D eigenvalue weighted by molar-refractivity contribution is 6.30. The summed E-state index contributed by atoms with van der Waals surface area (Å²) in [5.74, 6) is 0. The predicted octanol–water partition coefficient (Wildman–Crippen LogP) is 2.88. The summed E-state index contributed by atoms with van der Waals surface area (Å²) >= 11 is 5.73. The summed E-state index contributed by atoms with van der Waals surface area (Å²) in [7, 11) is 1.42. The number of nitriles is 1. The van der Waals surface area contributed by atoms with Crippen molar-refractivity contribution in [3.63, 3.8) is 0 Å². The second kappa shape index (κ2) is 5.84. The van der Waals surface area contributed by atoms with E-state index in [1.54, 1.807) is 18.2 Å². The molecule has 0 bridgehead atoms. The molecule has 15 heavy (non-hydrogen) atoms. The Morgan fingerprint density at radius 2 is 2.13 bits per heavy atom. The van der Waals surface area contributed by atoms with E-state index in [2.05, 4.69) is 9.99 Å². The molecule has 4 heteroatoms. The third kappa shape index (κ3) is 3.84. The van der Waals surface area contributed by atoms with Crippen LogP contribution in [0.1, 0.15) is 5.56 Å². The molecule has 0 unspecified atom stereocenters. The van der Waals surface area contributed by atoms with Crippen molar-refractivity contribution in [2.75, 3.05) is 7.11 Å². The van der Waals surface area contributed by atoms with Crippen molar-refractivity contribution in [1.29, 1.82) is 5.26 Å². The van der Waals surface area contributed by atoms with Gasteiger partial charge in [0.15, 0.2) is 0 Å². The first-order chi connectivity index (χ1) is 7.26. The van der Waals surface area contributed by atoms with E-state index in [0.717, 1.165) is 5.56 Å². The molecule has 0 saturated carbocycles. The molecular weight excluding hydrogens is 212 g/mol. The molecule has 0 aliphatic heterocycles. The maximum atomic E-state index is 8.78. The number of oxime groups is 1. The predicted molar refractivity (Wildman–Crippen MR) is 60.5 cm³/mol. The topological polar surface area (TPSA) is 45.4 Å². The van der Waals surface area contributed by atoms with Gasteiger partial charge in [0.2, 0.25) is 0 Å². The van der Waals surface area contributed by atoms with Gasteiger partial charge in [0, 0.05) is 5.02 Å². The molecule has 0 atom stereocenters. The lowest BCUT2D eigenvalue weighted by Gasteiger charge is -1.93. The summed E-state index contributed by atoms with van der Waals surface area (Å²) < 4.78 is 0. The molecule has 0 aliphatic carbocycles. The lowest BCUT2D eigenvalue weighted by Crippen LogP contribution is -1.82. The Morgan fingerprint density at radius 1 is 1.47 bits per heavy atom. The van der Waals surface area contributed by atoms with Crippen LogP contribution >= 0.6 is 11.6 Å². The van der Waals surface area contributed by atoms with Crippen molar-refractivity contribution in [3.8, 4) is 6.07 Å². The molecule has 0 aromatic heterocycles. The molecule has 76 valence electrons. The first-order valence-electron chi connectivity index (χ1n) is 4.20. The maximum Gasteiger partial charge on any atom is 0.106 e. The monoisotopic (exact) mass is 220 g/mol. The Bertz CT molecular complexity index is 415. The van der Waals surface area contributed by atoms with Gasteiger partial charge in [0.1, 0.15) is 13.2 Å². The minimum absolute atomic E-state index is 0.416. The number of hydrogen-bond acceptors (Lipinski definition) is 3.